The molecule has 0 saturated heterocycles. The molecular weight excluding hydrogens is 282 g/mol. The summed E-state index contributed by atoms with van der Waals surface area (Å²) in [5, 5.41) is 9.83. The van der Waals surface area contributed by atoms with Crippen molar-refractivity contribution in [1.29, 1.82) is 0 Å². The number of nitrogens with zero attached hydrogens (tertiary/aromatic N) is 1. The third kappa shape index (κ3) is 5.27. The van der Waals surface area contributed by atoms with Gasteiger partial charge in [-0.15, -0.1) is 11.8 Å². The Bertz CT molecular complexity index is 595. The van der Waals surface area contributed by atoms with Crippen LogP contribution in [0.25, 0.3) is 0 Å². The number of carbonyl (C=O) groups excluding carboxylic acids is 1. The third-order valence-corrected chi connectivity index (χ3v) is 4.01. The maximum absolute atomic E-state index is 11.9. The maximum atomic E-state index is 11.9. The summed E-state index contributed by atoms with van der Waals surface area (Å²) in [5.41, 5.74) is 3.55. The van der Waals surface area contributed by atoms with Crippen LogP contribution in [0.2, 0.25) is 0 Å². The summed E-state index contributed by atoms with van der Waals surface area (Å²) in [7, 11) is 0. The van der Waals surface area contributed by atoms with Crippen LogP contribution in [0, 0.1) is 6.92 Å². The number of H-pyrrole nitrogens is 1. The molecule has 0 spiro atoms. The molecule has 1 aromatic carbocycles. The van der Waals surface area contributed by atoms with E-state index < -0.39 is 0 Å². The van der Waals surface area contributed by atoms with Crippen LogP contribution in [-0.2, 0) is 17.0 Å². The van der Waals surface area contributed by atoms with Crippen molar-refractivity contribution in [2.75, 3.05) is 11.1 Å². The van der Waals surface area contributed by atoms with Crippen LogP contribution >= 0.6 is 11.8 Å². The summed E-state index contributed by atoms with van der Waals surface area (Å²) in [5.74, 6) is 1.88. The van der Waals surface area contributed by atoms with Crippen LogP contribution in [0.5, 0.6) is 0 Å². The topological polar surface area (TPSA) is 57.8 Å². The zero-order chi connectivity index (χ0) is 15.1. The fourth-order valence-corrected chi connectivity index (χ4v) is 2.84. The van der Waals surface area contributed by atoms with E-state index in [9.17, 15) is 4.79 Å². The van der Waals surface area contributed by atoms with Gasteiger partial charge in [0.25, 0.3) is 0 Å². The minimum Gasteiger partial charge on any atom is -0.308 e. The van der Waals surface area contributed by atoms with E-state index in [0.29, 0.717) is 11.6 Å². The first-order valence-corrected chi connectivity index (χ1v) is 8.30. The van der Waals surface area contributed by atoms with Crippen molar-refractivity contribution in [3.05, 3.63) is 47.2 Å². The Kier molecular flexibility index (Phi) is 5.87. The van der Waals surface area contributed by atoms with E-state index in [4.69, 9.17) is 0 Å². The molecule has 2 N–H and O–H groups in total. The van der Waals surface area contributed by atoms with Crippen LogP contribution in [0.15, 0.2) is 30.3 Å². The number of carbonyl (C=O) groups is 1. The van der Waals surface area contributed by atoms with Crippen LogP contribution in [0.3, 0.4) is 0 Å². The van der Waals surface area contributed by atoms with E-state index >= 15 is 0 Å². The van der Waals surface area contributed by atoms with Gasteiger partial charge in [0.1, 0.15) is 0 Å². The number of aryl methyl sites for hydroxylation is 2. The second-order valence-corrected chi connectivity index (χ2v) is 6.04. The SMILES string of the molecule is CCCc1cc(NC(=O)CSCc2cccc(C)c2)n[nH]1. The highest BCUT2D eigenvalue weighted by Gasteiger charge is 2.06. The van der Waals surface area contributed by atoms with Gasteiger partial charge >= 0.3 is 0 Å². The standard InChI is InChI=1S/C16H21N3OS/c1-3-5-14-9-15(19-18-14)17-16(20)11-21-10-13-7-4-6-12(2)8-13/h4,6-9H,3,5,10-11H2,1-2H3,(H2,17,18,19,20). The molecule has 0 fully saturated rings. The number of thioether (sulfide) groups is 1. The number of hydrogen-bond donors (Lipinski definition) is 2. The van der Waals surface area contributed by atoms with Crippen molar-refractivity contribution in [2.45, 2.75) is 32.4 Å². The lowest BCUT2D eigenvalue weighted by Gasteiger charge is -2.03. The Morgan fingerprint density at radius 3 is 3.00 bits per heavy atom. The molecule has 21 heavy (non-hydrogen) atoms. The van der Waals surface area contributed by atoms with Gasteiger partial charge in [0.05, 0.1) is 5.75 Å². The van der Waals surface area contributed by atoms with Crippen molar-refractivity contribution in [2.24, 2.45) is 0 Å². The zero-order valence-corrected chi connectivity index (χ0v) is 13.3. The largest absolute Gasteiger partial charge is 0.308 e. The molecule has 0 bridgehead atoms. The molecule has 0 atom stereocenters. The van der Waals surface area contributed by atoms with Gasteiger partial charge in [-0.05, 0) is 18.9 Å². The molecule has 2 aromatic rings. The second-order valence-electron chi connectivity index (χ2n) is 5.06. The highest BCUT2D eigenvalue weighted by Crippen LogP contribution is 2.14. The number of nitrogens with one attached hydrogen (secondary N) is 2. The predicted molar refractivity (Wildman–Crippen MR) is 88.6 cm³/mol. The summed E-state index contributed by atoms with van der Waals surface area (Å²) in [6.07, 6.45) is 2.01. The summed E-state index contributed by atoms with van der Waals surface area (Å²) >= 11 is 1.61. The Morgan fingerprint density at radius 2 is 2.24 bits per heavy atom. The van der Waals surface area contributed by atoms with Gasteiger partial charge in [0.15, 0.2) is 5.82 Å². The zero-order valence-electron chi connectivity index (χ0n) is 12.5. The number of rotatable bonds is 7. The molecule has 0 radical (unpaired) electrons. The number of amides is 1. The Balaban J connectivity index is 1.74. The highest BCUT2D eigenvalue weighted by molar-refractivity contribution is 7.99. The normalized spacial score (nSPS) is 10.6. The quantitative estimate of drug-likeness (QED) is 0.822. The van der Waals surface area contributed by atoms with Crippen LogP contribution in [0.1, 0.15) is 30.2 Å². The van der Waals surface area contributed by atoms with Gasteiger partial charge in [-0.1, -0.05) is 43.2 Å². The molecule has 5 heteroatoms. The fraction of sp³-hybridized carbons (Fsp3) is 0.375. The molecule has 0 aliphatic carbocycles. The first-order valence-electron chi connectivity index (χ1n) is 7.15. The van der Waals surface area contributed by atoms with Gasteiger partial charge in [-0.2, -0.15) is 5.10 Å². The minimum atomic E-state index is -0.0119. The molecule has 0 aliphatic rings. The van der Waals surface area contributed by atoms with Crippen molar-refractivity contribution < 1.29 is 4.79 Å². The minimum absolute atomic E-state index is 0.0119. The Morgan fingerprint density at radius 1 is 1.38 bits per heavy atom. The van der Waals surface area contributed by atoms with Crippen molar-refractivity contribution >= 4 is 23.5 Å². The van der Waals surface area contributed by atoms with Gasteiger partial charge in [-0.3, -0.25) is 9.89 Å². The molecule has 1 heterocycles. The van der Waals surface area contributed by atoms with Crippen molar-refractivity contribution in [3.8, 4) is 0 Å². The molecule has 4 nitrogen and oxygen atoms in total. The van der Waals surface area contributed by atoms with E-state index in [-0.39, 0.29) is 5.91 Å². The molecule has 0 saturated carbocycles. The summed E-state index contributed by atoms with van der Waals surface area (Å²) in [6, 6.07) is 10.3. The molecule has 0 unspecified atom stereocenters. The summed E-state index contributed by atoms with van der Waals surface area (Å²) in [6.45, 7) is 4.19. The number of anilines is 1. The van der Waals surface area contributed by atoms with Gasteiger partial charge in [0, 0.05) is 17.5 Å². The monoisotopic (exact) mass is 303 g/mol. The van der Waals surface area contributed by atoms with Gasteiger partial charge in [-0.25, -0.2) is 0 Å². The lowest BCUT2D eigenvalue weighted by atomic mass is 10.2. The number of benzene rings is 1. The lowest BCUT2D eigenvalue weighted by molar-refractivity contribution is -0.113. The van der Waals surface area contributed by atoms with E-state index in [1.807, 2.05) is 12.1 Å². The van der Waals surface area contributed by atoms with Crippen molar-refractivity contribution in [1.82, 2.24) is 10.2 Å². The first kappa shape index (κ1) is 15.6. The third-order valence-electron chi connectivity index (χ3n) is 3.00. The van der Waals surface area contributed by atoms with E-state index in [1.165, 1.54) is 11.1 Å². The van der Waals surface area contributed by atoms with Crippen molar-refractivity contribution in [3.63, 3.8) is 0 Å². The fourth-order valence-electron chi connectivity index (χ4n) is 2.07. The van der Waals surface area contributed by atoms with Gasteiger partial charge < -0.3 is 5.32 Å². The second kappa shape index (κ2) is 7.88. The van der Waals surface area contributed by atoms with E-state index in [2.05, 4.69) is 47.6 Å². The number of aromatic amines is 1. The average molecular weight is 303 g/mol. The summed E-state index contributed by atoms with van der Waals surface area (Å²) in [4.78, 5) is 11.9. The molecular formula is C16H21N3OS. The van der Waals surface area contributed by atoms with E-state index in [0.717, 1.165) is 24.3 Å². The predicted octanol–water partition coefficient (Wildman–Crippen LogP) is 3.54. The Labute approximate surface area is 129 Å². The molecule has 112 valence electrons. The number of aromatic nitrogens is 2. The lowest BCUT2D eigenvalue weighted by Crippen LogP contribution is -2.14. The van der Waals surface area contributed by atoms with Crippen LogP contribution in [-0.4, -0.2) is 21.9 Å². The van der Waals surface area contributed by atoms with Crippen LogP contribution < -0.4 is 5.32 Å². The summed E-state index contributed by atoms with van der Waals surface area (Å²) < 4.78 is 0. The first-order chi connectivity index (χ1) is 10.2. The van der Waals surface area contributed by atoms with E-state index in [1.54, 1.807) is 11.8 Å². The molecule has 0 aliphatic heterocycles. The smallest absolute Gasteiger partial charge is 0.235 e. The van der Waals surface area contributed by atoms with Crippen LogP contribution in [0.4, 0.5) is 5.82 Å². The molecule has 1 aromatic heterocycles. The average Bonchev–Trinajstić information content (AvgIpc) is 2.86. The Hall–Kier alpha value is -1.75. The maximum Gasteiger partial charge on any atom is 0.235 e. The molecule has 2 rings (SSSR count). The molecule has 1 amide bonds. The number of hydrogen-bond acceptors (Lipinski definition) is 3. The van der Waals surface area contributed by atoms with Gasteiger partial charge in [0.2, 0.25) is 5.91 Å². The highest BCUT2D eigenvalue weighted by atomic mass is 32.2.